The van der Waals surface area contributed by atoms with Crippen LogP contribution in [0.5, 0.6) is 0 Å². The highest BCUT2D eigenvalue weighted by molar-refractivity contribution is 7.61. The zero-order valence-corrected chi connectivity index (χ0v) is 19.5. The van der Waals surface area contributed by atoms with Crippen molar-refractivity contribution >= 4 is 22.2 Å². The van der Waals surface area contributed by atoms with E-state index in [4.69, 9.17) is 0 Å². The largest absolute Gasteiger partial charge is 0.480 e. The third kappa shape index (κ3) is 6.92. The number of piperazine rings is 1. The number of hydrogen-bond acceptors (Lipinski definition) is 10. The van der Waals surface area contributed by atoms with E-state index < -0.39 is 33.8 Å². The second-order valence-electron chi connectivity index (χ2n) is 8.19. The third-order valence-corrected chi connectivity index (χ3v) is 6.44. The van der Waals surface area contributed by atoms with Crippen LogP contribution < -0.4 is 10.6 Å². The van der Waals surface area contributed by atoms with Gasteiger partial charge in [-0.25, -0.2) is 4.79 Å². The molecule has 11 nitrogen and oxygen atoms in total. The first-order valence-corrected chi connectivity index (χ1v) is 12.1. The van der Waals surface area contributed by atoms with Crippen molar-refractivity contribution in [1.29, 1.82) is 0 Å². The molecule has 1 aromatic rings. The molecule has 2 heterocycles. The number of carboxylic acids is 1. The van der Waals surface area contributed by atoms with Crippen molar-refractivity contribution in [3.63, 3.8) is 0 Å². The van der Waals surface area contributed by atoms with Crippen molar-refractivity contribution in [3.05, 3.63) is 18.5 Å². The van der Waals surface area contributed by atoms with Crippen LogP contribution in [0.1, 0.15) is 52.4 Å². The zero-order valence-electron chi connectivity index (χ0n) is 18.7. The number of aliphatic hydroxyl groups is 1. The minimum atomic E-state index is -2.91. The summed E-state index contributed by atoms with van der Waals surface area (Å²) in [6.45, 7) is 7.59. The fourth-order valence-corrected chi connectivity index (χ4v) is 4.53. The number of aromatic nitrogens is 2. The second-order valence-corrected chi connectivity index (χ2v) is 8.84. The quantitative estimate of drug-likeness (QED) is 0.455. The highest BCUT2D eigenvalue weighted by Crippen LogP contribution is 2.41. The molecule has 1 saturated heterocycles. The van der Waals surface area contributed by atoms with Crippen LogP contribution in [0.25, 0.3) is 0 Å². The summed E-state index contributed by atoms with van der Waals surface area (Å²) in [6.07, 6.45) is 6.88. The Hall–Kier alpha value is -2.15. The van der Waals surface area contributed by atoms with Gasteiger partial charge in [-0.2, -0.15) is 23.0 Å². The van der Waals surface area contributed by atoms with Crippen LogP contribution in [0.15, 0.2) is 22.8 Å². The average molecular weight is 471 g/mol. The minimum absolute atomic E-state index is 0.0973. The Morgan fingerprint density at radius 3 is 2.31 bits per heavy atom. The van der Waals surface area contributed by atoms with Crippen molar-refractivity contribution in [1.82, 2.24) is 20.4 Å². The Labute approximate surface area is 190 Å². The molecular weight excluding hydrogens is 436 g/mol. The SMILES string of the molecule is CCCC.O=C(O)C(N=S(=O)=O)C1(O)CCC(Nc2ccnnc2)(N2CCNCC2)CC1. The molecule has 12 heteroatoms. The molecule has 3 rings (SSSR count). The number of carbonyl (C=O) groups is 1. The Bertz CT molecular complexity index is 842. The number of nitrogens with zero attached hydrogens (tertiary/aromatic N) is 4. The molecule has 1 aliphatic heterocycles. The Kier molecular flexibility index (Phi) is 9.94. The van der Waals surface area contributed by atoms with E-state index in [1.165, 1.54) is 12.8 Å². The standard InChI is InChI=1S/C16H24N6O5S.C4H10/c23-14(24)13(21-28(26)27)15(25)2-4-16(5-3-15,22-9-7-17-8-10-22)20-12-1-6-18-19-11-12;1-3-4-2/h1,6,11,13,17,25H,2-5,7-10H2,(H,18,20)(H,23,24);3-4H2,1-2H3. The summed E-state index contributed by atoms with van der Waals surface area (Å²) in [5.74, 6) is -1.45. The van der Waals surface area contributed by atoms with Gasteiger partial charge in [0.05, 0.1) is 29.3 Å². The van der Waals surface area contributed by atoms with Crippen molar-refractivity contribution in [2.24, 2.45) is 4.36 Å². The van der Waals surface area contributed by atoms with E-state index in [-0.39, 0.29) is 12.8 Å². The van der Waals surface area contributed by atoms with Crippen molar-refractivity contribution in [2.75, 3.05) is 31.5 Å². The first-order valence-electron chi connectivity index (χ1n) is 11.0. The lowest BCUT2D eigenvalue weighted by Crippen LogP contribution is -2.64. The average Bonchev–Trinajstić information content (AvgIpc) is 2.80. The zero-order chi connectivity index (χ0) is 23.6. The highest BCUT2D eigenvalue weighted by Gasteiger charge is 2.51. The number of rotatable bonds is 7. The Morgan fingerprint density at radius 1 is 1.22 bits per heavy atom. The molecule has 0 aromatic carbocycles. The molecule has 2 aliphatic rings. The smallest absolute Gasteiger partial charge is 0.332 e. The molecule has 180 valence electrons. The summed E-state index contributed by atoms with van der Waals surface area (Å²) in [6, 6.07) is 0.0858. The topological polar surface area (TPSA) is 157 Å². The predicted octanol–water partition coefficient (Wildman–Crippen LogP) is 1.12. The van der Waals surface area contributed by atoms with Gasteiger partial charge in [0.2, 0.25) is 0 Å². The van der Waals surface area contributed by atoms with E-state index in [1.807, 2.05) is 0 Å². The minimum Gasteiger partial charge on any atom is -0.480 e. The molecule has 0 spiro atoms. The molecule has 1 aliphatic carbocycles. The number of carboxylic acid groups (broad SMARTS) is 1. The number of unbranched alkanes of at least 4 members (excludes halogenated alkanes) is 1. The van der Waals surface area contributed by atoms with Crippen LogP contribution >= 0.6 is 0 Å². The second kappa shape index (κ2) is 12.2. The van der Waals surface area contributed by atoms with Gasteiger partial charge in [0.25, 0.3) is 0 Å². The molecule has 1 atom stereocenters. The fourth-order valence-electron chi connectivity index (χ4n) is 4.08. The third-order valence-electron chi connectivity index (χ3n) is 6.06. The molecule has 4 N–H and O–H groups in total. The highest BCUT2D eigenvalue weighted by atomic mass is 32.2. The van der Waals surface area contributed by atoms with Gasteiger partial charge < -0.3 is 20.8 Å². The lowest BCUT2D eigenvalue weighted by molar-refractivity contribution is -0.148. The van der Waals surface area contributed by atoms with E-state index in [9.17, 15) is 23.4 Å². The molecule has 0 radical (unpaired) electrons. The van der Waals surface area contributed by atoms with Crippen LogP contribution in [-0.4, -0.2) is 83.2 Å². The van der Waals surface area contributed by atoms with Gasteiger partial charge in [0.15, 0.2) is 6.04 Å². The first-order chi connectivity index (χ1) is 15.3. The van der Waals surface area contributed by atoms with Gasteiger partial charge in [-0.15, -0.1) is 0 Å². The lowest BCUT2D eigenvalue weighted by atomic mass is 9.74. The normalized spacial score (nSPS) is 26.8. The number of hydrogen-bond donors (Lipinski definition) is 4. The number of aliphatic carboxylic acids is 1. The summed E-state index contributed by atoms with van der Waals surface area (Å²) in [7, 11) is -2.91. The predicted molar refractivity (Wildman–Crippen MR) is 120 cm³/mol. The fraction of sp³-hybridized carbons (Fsp3) is 0.750. The van der Waals surface area contributed by atoms with Crippen LogP contribution in [0.3, 0.4) is 0 Å². The monoisotopic (exact) mass is 470 g/mol. The summed E-state index contributed by atoms with van der Waals surface area (Å²) >= 11 is 0. The van der Waals surface area contributed by atoms with Crippen LogP contribution in [0.2, 0.25) is 0 Å². The van der Waals surface area contributed by atoms with E-state index in [2.05, 4.69) is 43.9 Å². The van der Waals surface area contributed by atoms with Crippen LogP contribution in [-0.2, 0) is 15.3 Å². The molecular formula is C20H34N6O5S. The van der Waals surface area contributed by atoms with Gasteiger partial charge in [-0.1, -0.05) is 26.7 Å². The van der Waals surface area contributed by atoms with Crippen LogP contribution in [0.4, 0.5) is 5.69 Å². The number of nitrogens with one attached hydrogen (secondary N) is 2. The Morgan fingerprint density at radius 2 is 1.84 bits per heavy atom. The van der Waals surface area contributed by atoms with Crippen molar-refractivity contribution in [3.8, 4) is 0 Å². The molecule has 1 saturated carbocycles. The maximum Gasteiger partial charge on any atom is 0.332 e. The summed E-state index contributed by atoms with van der Waals surface area (Å²) in [5.41, 5.74) is -1.45. The molecule has 32 heavy (non-hydrogen) atoms. The van der Waals surface area contributed by atoms with E-state index in [1.54, 1.807) is 18.5 Å². The molecule has 2 fully saturated rings. The summed E-state index contributed by atoms with van der Waals surface area (Å²) < 4.78 is 25.1. The van der Waals surface area contributed by atoms with Gasteiger partial charge in [0.1, 0.15) is 0 Å². The van der Waals surface area contributed by atoms with Gasteiger partial charge in [-0.05, 0) is 31.7 Å². The maximum atomic E-state index is 11.5. The summed E-state index contributed by atoms with van der Waals surface area (Å²) in [4.78, 5) is 13.8. The lowest BCUT2D eigenvalue weighted by Gasteiger charge is -2.52. The van der Waals surface area contributed by atoms with E-state index >= 15 is 0 Å². The van der Waals surface area contributed by atoms with E-state index in [0.717, 1.165) is 31.9 Å². The summed E-state index contributed by atoms with van der Waals surface area (Å²) in [5, 5.41) is 34.8. The molecule has 1 aromatic heterocycles. The molecule has 0 bridgehead atoms. The number of anilines is 1. The first kappa shape index (κ1) is 26.1. The van der Waals surface area contributed by atoms with Crippen molar-refractivity contribution in [2.45, 2.75) is 69.7 Å². The van der Waals surface area contributed by atoms with E-state index in [0.29, 0.717) is 12.8 Å². The van der Waals surface area contributed by atoms with Crippen molar-refractivity contribution < 1.29 is 23.4 Å². The van der Waals surface area contributed by atoms with Crippen LogP contribution in [0, 0.1) is 0 Å². The molecule has 1 unspecified atom stereocenters. The van der Waals surface area contributed by atoms with Gasteiger partial charge >= 0.3 is 16.5 Å². The van der Waals surface area contributed by atoms with Gasteiger partial charge in [0, 0.05) is 26.2 Å². The Balaban J connectivity index is 0.000000837. The maximum absolute atomic E-state index is 11.5. The molecule has 0 amide bonds. The van der Waals surface area contributed by atoms with Gasteiger partial charge in [-0.3, -0.25) is 4.90 Å².